The summed E-state index contributed by atoms with van der Waals surface area (Å²) >= 11 is 0. The van der Waals surface area contributed by atoms with Crippen molar-refractivity contribution < 1.29 is 23.0 Å². The van der Waals surface area contributed by atoms with E-state index in [0.29, 0.717) is 6.42 Å². The van der Waals surface area contributed by atoms with Gasteiger partial charge in [-0.25, -0.2) is 0 Å². The van der Waals surface area contributed by atoms with Gasteiger partial charge < -0.3 is 9.84 Å². The molecule has 1 saturated heterocycles. The summed E-state index contributed by atoms with van der Waals surface area (Å²) < 4.78 is 43.9. The van der Waals surface area contributed by atoms with Gasteiger partial charge in [-0.15, -0.1) is 0 Å². The van der Waals surface area contributed by atoms with E-state index >= 15 is 0 Å². The standard InChI is InChI=1S/C13H15F3O2/c1-8-6-7-11(18-8)12(17)9-4-2-3-5-10(9)13(14,15)16/h2-5,8,11-12,17H,6-7H2,1H3. The molecule has 5 heteroatoms. The maximum atomic E-state index is 12.8. The van der Waals surface area contributed by atoms with E-state index in [9.17, 15) is 18.3 Å². The largest absolute Gasteiger partial charge is 0.416 e. The third kappa shape index (κ3) is 2.67. The zero-order chi connectivity index (χ0) is 13.3. The summed E-state index contributed by atoms with van der Waals surface area (Å²) in [6, 6.07) is 5.10. The van der Waals surface area contributed by atoms with Gasteiger partial charge in [0.2, 0.25) is 0 Å². The molecule has 0 saturated carbocycles. The summed E-state index contributed by atoms with van der Waals surface area (Å²) in [6.07, 6.45) is -4.91. The van der Waals surface area contributed by atoms with E-state index in [1.54, 1.807) is 0 Å². The molecule has 0 bridgehead atoms. The minimum Gasteiger partial charge on any atom is -0.386 e. The zero-order valence-corrected chi connectivity index (χ0v) is 9.95. The van der Waals surface area contributed by atoms with Crippen LogP contribution in [0.25, 0.3) is 0 Å². The smallest absolute Gasteiger partial charge is 0.386 e. The first-order valence-electron chi connectivity index (χ1n) is 5.89. The fraction of sp³-hybridized carbons (Fsp3) is 0.538. The van der Waals surface area contributed by atoms with Crippen molar-refractivity contribution in [1.29, 1.82) is 0 Å². The topological polar surface area (TPSA) is 29.5 Å². The van der Waals surface area contributed by atoms with Crippen LogP contribution in [0.3, 0.4) is 0 Å². The Hall–Kier alpha value is -1.07. The Morgan fingerprint density at radius 1 is 1.28 bits per heavy atom. The van der Waals surface area contributed by atoms with Crippen molar-refractivity contribution in [2.24, 2.45) is 0 Å². The number of aliphatic hydroxyl groups is 1. The quantitative estimate of drug-likeness (QED) is 0.884. The van der Waals surface area contributed by atoms with Crippen LogP contribution in [0.4, 0.5) is 13.2 Å². The molecule has 1 aliphatic rings. The molecule has 3 unspecified atom stereocenters. The number of hydrogen-bond acceptors (Lipinski definition) is 2. The minimum absolute atomic E-state index is 0.0114. The molecule has 1 N–H and O–H groups in total. The van der Waals surface area contributed by atoms with Gasteiger partial charge in [-0.05, 0) is 31.4 Å². The van der Waals surface area contributed by atoms with E-state index in [0.717, 1.165) is 12.5 Å². The third-order valence-electron chi connectivity index (χ3n) is 3.20. The molecule has 0 radical (unpaired) electrons. The monoisotopic (exact) mass is 260 g/mol. The first-order valence-corrected chi connectivity index (χ1v) is 5.89. The fourth-order valence-corrected chi connectivity index (χ4v) is 2.28. The maximum Gasteiger partial charge on any atom is 0.416 e. The molecular formula is C13H15F3O2. The van der Waals surface area contributed by atoms with Gasteiger partial charge in [0.1, 0.15) is 6.10 Å². The van der Waals surface area contributed by atoms with Crippen molar-refractivity contribution in [2.75, 3.05) is 0 Å². The summed E-state index contributed by atoms with van der Waals surface area (Å²) in [5.41, 5.74) is -0.898. The summed E-state index contributed by atoms with van der Waals surface area (Å²) in [5, 5.41) is 10.1. The van der Waals surface area contributed by atoms with Gasteiger partial charge in [0, 0.05) is 0 Å². The molecule has 2 nitrogen and oxygen atoms in total. The normalized spacial score (nSPS) is 26.3. The van der Waals surface area contributed by atoms with Crippen molar-refractivity contribution in [3.05, 3.63) is 35.4 Å². The Bertz CT molecular complexity index is 417. The second kappa shape index (κ2) is 4.90. The molecule has 2 rings (SSSR count). The van der Waals surface area contributed by atoms with Gasteiger partial charge >= 0.3 is 6.18 Å². The van der Waals surface area contributed by atoms with Gasteiger partial charge in [-0.1, -0.05) is 18.2 Å². The number of halogens is 3. The van der Waals surface area contributed by atoms with Gasteiger partial charge in [0.05, 0.1) is 17.8 Å². The second-order valence-electron chi connectivity index (χ2n) is 4.59. The first kappa shape index (κ1) is 13.4. The van der Waals surface area contributed by atoms with Crippen LogP contribution in [0.1, 0.15) is 37.0 Å². The SMILES string of the molecule is CC1CCC(C(O)c2ccccc2C(F)(F)F)O1. The number of hydrogen-bond donors (Lipinski definition) is 1. The molecule has 1 aromatic rings. The van der Waals surface area contributed by atoms with Crippen LogP contribution in [0.2, 0.25) is 0 Å². The Morgan fingerprint density at radius 3 is 2.50 bits per heavy atom. The van der Waals surface area contributed by atoms with Crippen molar-refractivity contribution in [2.45, 2.75) is 44.3 Å². The highest BCUT2D eigenvalue weighted by Crippen LogP contribution is 2.38. The molecule has 0 amide bonds. The Balaban J connectivity index is 2.28. The average Bonchev–Trinajstić information content (AvgIpc) is 2.74. The first-order chi connectivity index (χ1) is 8.39. The fourth-order valence-electron chi connectivity index (χ4n) is 2.28. The summed E-state index contributed by atoms with van der Waals surface area (Å²) in [7, 11) is 0. The van der Waals surface area contributed by atoms with Crippen LogP contribution in [0, 0.1) is 0 Å². The van der Waals surface area contributed by atoms with Crippen LogP contribution in [-0.4, -0.2) is 17.3 Å². The predicted octanol–water partition coefficient (Wildman–Crippen LogP) is 3.31. The number of ether oxygens (including phenoxy) is 1. The highest BCUT2D eigenvalue weighted by atomic mass is 19.4. The molecule has 0 spiro atoms. The minimum atomic E-state index is -4.46. The molecule has 18 heavy (non-hydrogen) atoms. The predicted molar refractivity (Wildman–Crippen MR) is 60.0 cm³/mol. The highest BCUT2D eigenvalue weighted by Gasteiger charge is 2.38. The van der Waals surface area contributed by atoms with E-state index in [-0.39, 0.29) is 11.7 Å². The number of rotatable bonds is 2. The van der Waals surface area contributed by atoms with Crippen molar-refractivity contribution in [3.63, 3.8) is 0 Å². The van der Waals surface area contributed by atoms with Crippen LogP contribution < -0.4 is 0 Å². The molecule has 100 valence electrons. The number of alkyl halides is 3. The highest BCUT2D eigenvalue weighted by molar-refractivity contribution is 5.32. The van der Waals surface area contributed by atoms with E-state index in [2.05, 4.69) is 0 Å². The molecular weight excluding hydrogens is 245 g/mol. The Labute approximate surface area is 103 Å². The van der Waals surface area contributed by atoms with E-state index in [1.165, 1.54) is 18.2 Å². The van der Waals surface area contributed by atoms with Crippen molar-refractivity contribution in [3.8, 4) is 0 Å². The van der Waals surface area contributed by atoms with Crippen LogP contribution in [0.5, 0.6) is 0 Å². The molecule has 3 atom stereocenters. The Kier molecular flexibility index (Phi) is 3.64. The van der Waals surface area contributed by atoms with Crippen LogP contribution in [-0.2, 0) is 10.9 Å². The molecule has 1 fully saturated rings. The van der Waals surface area contributed by atoms with Crippen LogP contribution >= 0.6 is 0 Å². The lowest BCUT2D eigenvalue weighted by Gasteiger charge is -2.22. The summed E-state index contributed by atoms with van der Waals surface area (Å²) in [5.74, 6) is 0. The summed E-state index contributed by atoms with van der Waals surface area (Å²) in [4.78, 5) is 0. The van der Waals surface area contributed by atoms with Crippen molar-refractivity contribution >= 4 is 0 Å². The van der Waals surface area contributed by atoms with E-state index in [1.807, 2.05) is 6.92 Å². The lowest BCUT2D eigenvalue weighted by Crippen LogP contribution is -2.22. The molecule has 0 aliphatic carbocycles. The third-order valence-corrected chi connectivity index (χ3v) is 3.20. The molecule has 0 aromatic heterocycles. The lowest BCUT2D eigenvalue weighted by atomic mass is 9.97. The molecule has 1 aromatic carbocycles. The second-order valence-corrected chi connectivity index (χ2v) is 4.59. The molecule has 1 heterocycles. The van der Waals surface area contributed by atoms with E-state index < -0.39 is 23.9 Å². The average molecular weight is 260 g/mol. The van der Waals surface area contributed by atoms with Gasteiger partial charge in [0.15, 0.2) is 0 Å². The van der Waals surface area contributed by atoms with Crippen LogP contribution in [0.15, 0.2) is 24.3 Å². The maximum absolute atomic E-state index is 12.8. The van der Waals surface area contributed by atoms with E-state index in [4.69, 9.17) is 4.74 Å². The van der Waals surface area contributed by atoms with Crippen molar-refractivity contribution in [1.82, 2.24) is 0 Å². The zero-order valence-electron chi connectivity index (χ0n) is 9.95. The van der Waals surface area contributed by atoms with Gasteiger partial charge in [0.25, 0.3) is 0 Å². The summed E-state index contributed by atoms with van der Waals surface area (Å²) in [6.45, 7) is 1.85. The number of benzene rings is 1. The molecule has 1 aliphatic heterocycles. The number of aliphatic hydroxyl groups excluding tert-OH is 1. The Morgan fingerprint density at radius 2 is 1.94 bits per heavy atom. The lowest BCUT2D eigenvalue weighted by molar-refractivity contribution is -0.140. The van der Waals surface area contributed by atoms with Gasteiger partial charge in [-0.3, -0.25) is 0 Å². The van der Waals surface area contributed by atoms with Gasteiger partial charge in [-0.2, -0.15) is 13.2 Å².